The lowest BCUT2D eigenvalue weighted by Gasteiger charge is -2.46. The summed E-state index contributed by atoms with van der Waals surface area (Å²) in [4.78, 5) is 13.2. The Morgan fingerprint density at radius 3 is 2.55 bits per heavy atom. The number of benzene rings is 1. The molecule has 1 heterocycles. The lowest BCUT2D eigenvalue weighted by atomic mass is 9.86. The first-order valence-electron chi connectivity index (χ1n) is 6.27. The van der Waals surface area contributed by atoms with Crippen LogP contribution in [0.25, 0.3) is 0 Å². The van der Waals surface area contributed by atoms with E-state index in [9.17, 15) is 14.3 Å². The molecule has 20 heavy (non-hydrogen) atoms. The number of carbonyl (C=O) groups excluding carboxylic acids is 1. The van der Waals surface area contributed by atoms with Crippen molar-refractivity contribution >= 4 is 22.0 Å². The molecule has 1 aliphatic heterocycles. The van der Waals surface area contributed by atoms with Crippen LogP contribution in [0.15, 0.2) is 22.7 Å². The predicted octanol–water partition coefficient (Wildman–Crippen LogP) is 3.03. The van der Waals surface area contributed by atoms with Crippen LogP contribution in [0.4, 0.5) is 9.18 Å². The quantitative estimate of drug-likeness (QED) is 0.850. The fourth-order valence-corrected chi connectivity index (χ4v) is 2.80. The van der Waals surface area contributed by atoms with Gasteiger partial charge < -0.3 is 14.7 Å². The summed E-state index contributed by atoms with van der Waals surface area (Å²) < 4.78 is 18.8. The van der Waals surface area contributed by atoms with Gasteiger partial charge in [-0.2, -0.15) is 0 Å². The zero-order chi connectivity index (χ0) is 15.1. The molecule has 0 atom stereocenters. The van der Waals surface area contributed by atoms with E-state index in [0.717, 1.165) is 0 Å². The molecule has 0 bridgehead atoms. The molecule has 1 aliphatic rings. The van der Waals surface area contributed by atoms with Crippen molar-refractivity contribution in [3.63, 3.8) is 0 Å². The highest BCUT2D eigenvalue weighted by molar-refractivity contribution is 9.10. The predicted molar refractivity (Wildman–Crippen MR) is 75.8 cm³/mol. The number of aliphatic hydroxyl groups is 1. The Morgan fingerprint density at radius 1 is 1.45 bits per heavy atom. The van der Waals surface area contributed by atoms with Gasteiger partial charge in [-0.25, -0.2) is 9.18 Å². The number of carbonyl (C=O) groups is 1. The zero-order valence-electron chi connectivity index (χ0n) is 11.6. The summed E-state index contributed by atoms with van der Waals surface area (Å²) in [5.74, 6) is -0.382. The maximum Gasteiger partial charge on any atom is 0.410 e. The van der Waals surface area contributed by atoms with Crippen molar-refractivity contribution in [1.29, 1.82) is 0 Å². The second-order valence-corrected chi connectivity index (χ2v) is 6.85. The van der Waals surface area contributed by atoms with Crippen LogP contribution in [0.2, 0.25) is 0 Å². The molecule has 4 nitrogen and oxygen atoms in total. The summed E-state index contributed by atoms with van der Waals surface area (Å²) in [6, 6.07) is 4.10. The summed E-state index contributed by atoms with van der Waals surface area (Å²) in [5.41, 5.74) is -1.16. The van der Waals surface area contributed by atoms with Crippen LogP contribution in [-0.4, -0.2) is 34.8 Å². The Balaban J connectivity index is 2.05. The highest BCUT2D eigenvalue weighted by Gasteiger charge is 2.47. The Morgan fingerprint density at radius 2 is 2.05 bits per heavy atom. The van der Waals surface area contributed by atoms with Gasteiger partial charge in [-0.3, -0.25) is 0 Å². The zero-order valence-corrected chi connectivity index (χ0v) is 13.2. The fraction of sp³-hybridized carbons (Fsp3) is 0.500. The number of amides is 1. The minimum absolute atomic E-state index is 0.131. The van der Waals surface area contributed by atoms with Gasteiger partial charge in [0.1, 0.15) is 17.0 Å². The van der Waals surface area contributed by atoms with Crippen LogP contribution in [0, 0.1) is 5.82 Å². The number of nitrogens with zero attached hydrogens (tertiary/aromatic N) is 1. The van der Waals surface area contributed by atoms with Gasteiger partial charge >= 0.3 is 6.09 Å². The highest BCUT2D eigenvalue weighted by atomic mass is 79.9. The number of halogens is 2. The Kier molecular flexibility index (Phi) is 3.81. The summed E-state index contributed by atoms with van der Waals surface area (Å²) in [7, 11) is 0. The molecule has 0 spiro atoms. The van der Waals surface area contributed by atoms with Crippen LogP contribution in [-0.2, 0) is 10.3 Å². The minimum atomic E-state index is -1.16. The number of ether oxygens (including phenoxy) is 1. The highest BCUT2D eigenvalue weighted by Crippen LogP contribution is 2.37. The number of hydrogen-bond donors (Lipinski definition) is 1. The lowest BCUT2D eigenvalue weighted by molar-refractivity contribution is -0.104. The van der Waals surface area contributed by atoms with Gasteiger partial charge in [0.15, 0.2) is 0 Å². The first kappa shape index (κ1) is 15.3. The van der Waals surface area contributed by atoms with Gasteiger partial charge in [0, 0.05) is 10.0 Å². The maximum atomic E-state index is 13.1. The van der Waals surface area contributed by atoms with Crippen molar-refractivity contribution in [2.45, 2.75) is 32.0 Å². The van der Waals surface area contributed by atoms with Gasteiger partial charge in [0.2, 0.25) is 0 Å². The van der Waals surface area contributed by atoms with Crippen molar-refractivity contribution in [2.75, 3.05) is 13.1 Å². The molecule has 1 fully saturated rings. The molecule has 0 saturated carbocycles. The minimum Gasteiger partial charge on any atom is -0.444 e. The fourth-order valence-electron chi connectivity index (χ4n) is 2.08. The number of β-amino-alcohol motifs (C(OH)–C–C–N with tert-alkyl or cyclic N) is 1. The molecule has 0 radical (unpaired) electrons. The average Bonchev–Trinajstić information content (AvgIpc) is 2.22. The average molecular weight is 346 g/mol. The van der Waals surface area contributed by atoms with Gasteiger partial charge in [-0.15, -0.1) is 0 Å². The normalized spacial score (nSPS) is 17.6. The summed E-state index contributed by atoms with van der Waals surface area (Å²) in [6.45, 7) is 5.62. The summed E-state index contributed by atoms with van der Waals surface area (Å²) in [5, 5.41) is 10.5. The third-order valence-corrected chi connectivity index (χ3v) is 3.65. The molecule has 1 saturated heterocycles. The summed E-state index contributed by atoms with van der Waals surface area (Å²) >= 11 is 3.23. The van der Waals surface area contributed by atoms with E-state index in [0.29, 0.717) is 10.0 Å². The van der Waals surface area contributed by atoms with E-state index in [1.165, 1.54) is 23.1 Å². The second kappa shape index (κ2) is 5.00. The largest absolute Gasteiger partial charge is 0.444 e. The van der Waals surface area contributed by atoms with Gasteiger partial charge in [0.25, 0.3) is 0 Å². The molecule has 1 N–H and O–H groups in total. The van der Waals surface area contributed by atoms with Gasteiger partial charge in [0.05, 0.1) is 13.1 Å². The Labute approximate surface area is 125 Å². The van der Waals surface area contributed by atoms with Crippen LogP contribution in [0.3, 0.4) is 0 Å². The van der Waals surface area contributed by atoms with E-state index in [2.05, 4.69) is 15.9 Å². The van der Waals surface area contributed by atoms with Crippen LogP contribution in [0.5, 0.6) is 0 Å². The molecule has 110 valence electrons. The van der Waals surface area contributed by atoms with Crippen LogP contribution >= 0.6 is 15.9 Å². The Bertz CT molecular complexity index is 536. The monoisotopic (exact) mass is 345 g/mol. The molecular weight excluding hydrogens is 329 g/mol. The number of hydrogen-bond acceptors (Lipinski definition) is 3. The third-order valence-electron chi connectivity index (χ3n) is 2.99. The smallest absolute Gasteiger partial charge is 0.410 e. The van der Waals surface area contributed by atoms with Crippen LogP contribution in [0.1, 0.15) is 26.3 Å². The first-order chi connectivity index (χ1) is 9.11. The number of rotatable bonds is 1. The first-order valence-corrected chi connectivity index (χ1v) is 7.06. The molecule has 0 aliphatic carbocycles. The van der Waals surface area contributed by atoms with Crippen molar-refractivity contribution in [2.24, 2.45) is 0 Å². The van der Waals surface area contributed by atoms with E-state index < -0.39 is 17.3 Å². The van der Waals surface area contributed by atoms with E-state index in [4.69, 9.17) is 4.74 Å². The molecule has 2 rings (SSSR count). The molecule has 1 aromatic carbocycles. The third kappa shape index (κ3) is 3.12. The van der Waals surface area contributed by atoms with Crippen molar-refractivity contribution in [3.8, 4) is 0 Å². The topological polar surface area (TPSA) is 49.8 Å². The summed E-state index contributed by atoms with van der Waals surface area (Å²) in [6.07, 6.45) is -0.458. The molecule has 1 amide bonds. The standard InChI is InChI=1S/C14H17BrFNO3/c1-13(2,3)20-12(18)17-7-14(19,8-17)10-5-4-9(16)6-11(10)15/h4-6,19H,7-8H2,1-3H3. The van der Waals surface area contributed by atoms with Crippen molar-refractivity contribution < 1.29 is 19.0 Å². The maximum absolute atomic E-state index is 13.1. The van der Waals surface area contributed by atoms with E-state index in [1.807, 2.05) is 0 Å². The molecular formula is C14H17BrFNO3. The van der Waals surface area contributed by atoms with Crippen LogP contribution < -0.4 is 0 Å². The van der Waals surface area contributed by atoms with E-state index in [-0.39, 0.29) is 18.9 Å². The van der Waals surface area contributed by atoms with E-state index >= 15 is 0 Å². The molecule has 6 heteroatoms. The molecule has 0 aromatic heterocycles. The second-order valence-electron chi connectivity index (χ2n) is 5.99. The lowest BCUT2D eigenvalue weighted by Crippen LogP contribution is -2.62. The number of likely N-dealkylation sites (tertiary alicyclic amines) is 1. The molecule has 0 unspecified atom stereocenters. The van der Waals surface area contributed by atoms with Gasteiger partial charge in [-0.05, 0) is 32.9 Å². The van der Waals surface area contributed by atoms with Crippen molar-refractivity contribution in [1.82, 2.24) is 4.90 Å². The molecule has 1 aromatic rings. The van der Waals surface area contributed by atoms with Gasteiger partial charge in [-0.1, -0.05) is 22.0 Å². The van der Waals surface area contributed by atoms with E-state index in [1.54, 1.807) is 20.8 Å². The SMILES string of the molecule is CC(C)(C)OC(=O)N1CC(O)(c2ccc(F)cc2Br)C1. The van der Waals surface area contributed by atoms with Crippen molar-refractivity contribution in [3.05, 3.63) is 34.1 Å². The Hall–Kier alpha value is -1.14.